The first-order valence-electron chi connectivity index (χ1n) is 11.2. The summed E-state index contributed by atoms with van der Waals surface area (Å²) in [6.07, 6.45) is -0.137. The van der Waals surface area contributed by atoms with Crippen LogP contribution < -0.4 is 16.0 Å². The smallest absolute Gasteiger partial charge is 0.239 e. The molecule has 0 heterocycles. The number of aliphatic hydroxyl groups excluding tert-OH is 1. The van der Waals surface area contributed by atoms with E-state index >= 15 is 0 Å². The number of hydrogen-bond donors (Lipinski definition) is 4. The van der Waals surface area contributed by atoms with Gasteiger partial charge in [0.25, 0.3) is 0 Å². The van der Waals surface area contributed by atoms with Gasteiger partial charge < -0.3 is 25.8 Å². The normalized spacial score (nSPS) is 11.7. The van der Waals surface area contributed by atoms with Crippen LogP contribution in [0.15, 0.2) is 30.3 Å². The van der Waals surface area contributed by atoms with Crippen LogP contribution in [-0.2, 0) is 14.9 Å². The number of carbonyl (C=O) groups is 1. The van der Waals surface area contributed by atoms with E-state index in [2.05, 4.69) is 55.8 Å². The van der Waals surface area contributed by atoms with E-state index in [9.17, 15) is 9.90 Å². The lowest BCUT2D eigenvalue weighted by Crippen LogP contribution is -2.52. The van der Waals surface area contributed by atoms with Gasteiger partial charge in [0, 0.05) is 12.1 Å². The van der Waals surface area contributed by atoms with Crippen molar-refractivity contribution >= 4 is 23.2 Å². The molecule has 1 aromatic rings. The minimum atomic E-state index is -0.997. The van der Waals surface area contributed by atoms with Gasteiger partial charge in [-0.05, 0) is 50.4 Å². The molecule has 6 nitrogen and oxygen atoms in total. The number of hydrogen-bond acceptors (Lipinski definition) is 4. The summed E-state index contributed by atoms with van der Waals surface area (Å²) < 4.78 is 4.95. The van der Waals surface area contributed by atoms with Crippen molar-refractivity contribution in [1.29, 1.82) is 0 Å². The van der Waals surface area contributed by atoms with Crippen LogP contribution in [0, 0.1) is 0 Å². The molecular formula is C24H45N3O3S. The Hall–Kier alpha value is -1.70. The molecule has 1 aromatic carbocycles. The quantitative estimate of drug-likeness (QED) is 0.314. The zero-order valence-electron chi connectivity index (χ0n) is 21.0. The highest BCUT2D eigenvalue weighted by atomic mass is 32.1. The highest BCUT2D eigenvalue weighted by molar-refractivity contribution is 7.80. The van der Waals surface area contributed by atoms with Crippen molar-refractivity contribution in [3.63, 3.8) is 0 Å². The Morgan fingerprint density at radius 3 is 2.13 bits per heavy atom. The van der Waals surface area contributed by atoms with Gasteiger partial charge in [0.1, 0.15) is 0 Å². The fourth-order valence-corrected chi connectivity index (χ4v) is 3.52. The largest absolute Gasteiger partial charge is 0.366 e. The summed E-state index contributed by atoms with van der Waals surface area (Å²) in [5.41, 5.74) is 0.983. The minimum absolute atomic E-state index is 0.0276. The van der Waals surface area contributed by atoms with Crippen molar-refractivity contribution in [3.8, 4) is 0 Å². The van der Waals surface area contributed by atoms with Crippen LogP contribution in [0.3, 0.4) is 0 Å². The standard InChI is InChI=1S/C20H33N3O3S.2C2H6/c1-6-26-17(25)13-21-16(24)12-22-18(27)23-20(4,5)14-19(2,3)15-10-8-7-9-11-15;2*1-2/h7-11,17,25H,6,12-14H2,1-5H3,(H,21,24)(H2,22,23,27);2*1-2H3. The maximum absolute atomic E-state index is 11.8. The van der Waals surface area contributed by atoms with E-state index in [1.807, 2.05) is 45.9 Å². The lowest BCUT2D eigenvalue weighted by Gasteiger charge is -2.37. The molecule has 7 heteroatoms. The van der Waals surface area contributed by atoms with Crippen molar-refractivity contribution in [2.45, 2.75) is 86.0 Å². The van der Waals surface area contributed by atoms with Gasteiger partial charge in [0.05, 0.1) is 13.1 Å². The topological polar surface area (TPSA) is 82.6 Å². The van der Waals surface area contributed by atoms with Gasteiger partial charge in [0.15, 0.2) is 11.4 Å². The molecule has 1 unspecified atom stereocenters. The van der Waals surface area contributed by atoms with Crippen LogP contribution in [0.4, 0.5) is 0 Å². The molecule has 31 heavy (non-hydrogen) atoms. The van der Waals surface area contributed by atoms with Crippen molar-refractivity contribution in [3.05, 3.63) is 35.9 Å². The molecule has 1 atom stereocenters. The second-order valence-corrected chi connectivity index (χ2v) is 8.24. The van der Waals surface area contributed by atoms with Crippen molar-refractivity contribution < 1.29 is 14.6 Å². The Balaban J connectivity index is 0. The molecule has 0 aliphatic rings. The summed E-state index contributed by atoms with van der Waals surface area (Å²) in [5, 5.41) is 18.6. The van der Waals surface area contributed by atoms with E-state index in [1.54, 1.807) is 6.92 Å². The molecule has 0 aliphatic heterocycles. The molecule has 0 spiro atoms. The molecule has 0 aromatic heterocycles. The van der Waals surface area contributed by atoms with Crippen LogP contribution >= 0.6 is 12.2 Å². The van der Waals surface area contributed by atoms with Crippen molar-refractivity contribution in [2.24, 2.45) is 0 Å². The Bertz CT molecular complexity index is 607. The van der Waals surface area contributed by atoms with Gasteiger partial charge in [-0.15, -0.1) is 0 Å². The highest BCUT2D eigenvalue weighted by Gasteiger charge is 2.30. The van der Waals surface area contributed by atoms with E-state index in [0.717, 1.165) is 6.42 Å². The number of carbonyl (C=O) groups excluding carboxylic acids is 1. The van der Waals surface area contributed by atoms with Gasteiger partial charge in [-0.2, -0.15) is 0 Å². The zero-order chi connectivity index (χ0) is 24.5. The number of benzene rings is 1. The van der Waals surface area contributed by atoms with Crippen LogP contribution in [0.2, 0.25) is 0 Å². The van der Waals surface area contributed by atoms with E-state index < -0.39 is 6.29 Å². The van der Waals surface area contributed by atoms with Crippen LogP contribution in [0.25, 0.3) is 0 Å². The Kier molecular flexibility index (Phi) is 17.2. The molecule has 1 amide bonds. The zero-order valence-corrected chi connectivity index (χ0v) is 21.8. The molecule has 0 aliphatic carbocycles. The summed E-state index contributed by atoms with van der Waals surface area (Å²) >= 11 is 5.33. The first-order valence-corrected chi connectivity index (χ1v) is 11.6. The van der Waals surface area contributed by atoms with E-state index in [4.69, 9.17) is 17.0 Å². The predicted octanol–water partition coefficient (Wildman–Crippen LogP) is 4.12. The fourth-order valence-electron chi connectivity index (χ4n) is 3.17. The number of rotatable bonds is 10. The minimum Gasteiger partial charge on any atom is -0.366 e. The lowest BCUT2D eigenvalue weighted by molar-refractivity contribution is -0.125. The van der Waals surface area contributed by atoms with E-state index in [-0.39, 0.29) is 30.0 Å². The third-order valence-corrected chi connectivity index (χ3v) is 4.38. The van der Waals surface area contributed by atoms with Gasteiger partial charge in [-0.25, -0.2) is 0 Å². The average molecular weight is 456 g/mol. The maximum atomic E-state index is 11.8. The van der Waals surface area contributed by atoms with Crippen LogP contribution in [-0.4, -0.2) is 47.7 Å². The second kappa shape index (κ2) is 16.9. The van der Waals surface area contributed by atoms with Gasteiger partial charge in [-0.3, -0.25) is 4.79 Å². The third-order valence-electron chi connectivity index (χ3n) is 4.13. The molecule has 0 fully saturated rings. The van der Waals surface area contributed by atoms with Gasteiger partial charge in [0.2, 0.25) is 5.91 Å². The molecule has 0 bridgehead atoms. The Morgan fingerprint density at radius 1 is 1.06 bits per heavy atom. The number of amides is 1. The van der Waals surface area contributed by atoms with Crippen molar-refractivity contribution in [2.75, 3.05) is 19.7 Å². The molecule has 0 radical (unpaired) electrons. The third kappa shape index (κ3) is 14.9. The Morgan fingerprint density at radius 2 is 1.61 bits per heavy atom. The second-order valence-electron chi connectivity index (χ2n) is 7.83. The number of nitrogens with one attached hydrogen (secondary N) is 3. The van der Waals surface area contributed by atoms with Crippen LogP contribution in [0.1, 0.15) is 74.3 Å². The van der Waals surface area contributed by atoms with Crippen LogP contribution in [0.5, 0.6) is 0 Å². The molecule has 180 valence electrons. The summed E-state index contributed by atoms with van der Waals surface area (Å²) in [6.45, 7) is 18.8. The highest BCUT2D eigenvalue weighted by Crippen LogP contribution is 2.31. The summed E-state index contributed by atoms with van der Waals surface area (Å²) in [7, 11) is 0. The summed E-state index contributed by atoms with van der Waals surface area (Å²) in [4.78, 5) is 11.8. The maximum Gasteiger partial charge on any atom is 0.239 e. The molecule has 0 saturated heterocycles. The first kappa shape index (κ1) is 31.5. The number of ether oxygens (including phenoxy) is 1. The molecule has 1 rings (SSSR count). The van der Waals surface area contributed by atoms with E-state index in [0.29, 0.717) is 11.7 Å². The monoisotopic (exact) mass is 455 g/mol. The fraction of sp³-hybridized carbons (Fsp3) is 0.667. The first-order chi connectivity index (χ1) is 14.6. The average Bonchev–Trinajstić information content (AvgIpc) is 2.73. The predicted molar refractivity (Wildman–Crippen MR) is 135 cm³/mol. The summed E-state index contributed by atoms with van der Waals surface area (Å²) in [5.74, 6) is -0.264. The van der Waals surface area contributed by atoms with Gasteiger partial charge in [-0.1, -0.05) is 71.9 Å². The molecular weight excluding hydrogens is 410 g/mol. The Labute approximate surface area is 195 Å². The van der Waals surface area contributed by atoms with E-state index in [1.165, 1.54) is 5.56 Å². The summed E-state index contributed by atoms with van der Waals surface area (Å²) in [6, 6.07) is 10.4. The molecule has 0 saturated carbocycles. The van der Waals surface area contributed by atoms with Crippen molar-refractivity contribution in [1.82, 2.24) is 16.0 Å². The molecule has 4 N–H and O–H groups in total. The lowest BCUT2D eigenvalue weighted by atomic mass is 9.75. The number of thiocarbonyl (C=S) groups is 1. The number of aliphatic hydroxyl groups is 1. The SMILES string of the molecule is CC.CC.CCOC(O)CNC(=O)CNC(=S)NC(C)(C)CC(C)(C)c1ccccc1. The van der Waals surface area contributed by atoms with Gasteiger partial charge >= 0.3 is 0 Å².